The van der Waals surface area contributed by atoms with Crippen molar-refractivity contribution in [2.45, 2.75) is 30.7 Å². The van der Waals surface area contributed by atoms with E-state index in [1.165, 1.54) is 0 Å². The van der Waals surface area contributed by atoms with E-state index in [4.69, 9.17) is 20.4 Å². The average molecular weight is 178 g/mol. The minimum Gasteiger partial charge on any atom is -0.387 e. The summed E-state index contributed by atoms with van der Waals surface area (Å²) < 4.78 is 4.46. The molecule has 1 aliphatic rings. The van der Waals surface area contributed by atoms with Gasteiger partial charge in [-0.2, -0.15) is 0 Å². The summed E-state index contributed by atoms with van der Waals surface area (Å²) in [5.74, 6) is 0. The highest BCUT2D eigenvalue weighted by molar-refractivity contribution is 5.57. The van der Waals surface area contributed by atoms with Gasteiger partial charge in [0.25, 0.3) is 0 Å². The van der Waals surface area contributed by atoms with Gasteiger partial charge >= 0.3 is 0 Å². The van der Waals surface area contributed by atoms with Gasteiger partial charge in [0.15, 0.2) is 12.6 Å². The van der Waals surface area contributed by atoms with E-state index in [1.54, 1.807) is 0 Å². The lowest BCUT2D eigenvalue weighted by Gasteiger charge is -2.35. The van der Waals surface area contributed by atoms with E-state index in [0.717, 1.165) is 0 Å². The van der Waals surface area contributed by atoms with Crippen LogP contribution in [0.3, 0.4) is 0 Å². The smallest absolute Gasteiger partial charge is 0.184 e. The van der Waals surface area contributed by atoms with Crippen LogP contribution >= 0.6 is 0 Å². The highest BCUT2D eigenvalue weighted by atomic mass is 16.6. The van der Waals surface area contributed by atoms with Gasteiger partial charge in [0, 0.05) is 0 Å². The summed E-state index contributed by atoms with van der Waals surface area (Å²) in [5, 5.41) is 35.9. The molecule has 0 amide bonds. The third-order valence-electron chi connectivity index (χ3n) is 1.76. The fourth-order valence-corrected chi connectivity index (χ4v) is 1.000. The largest absolute Gasteiger partial charge is 0.387 e. The lowest BCUT2D eigenvalue weighted by molar-refractivity contribution is -0.272. The molecule has 0 aromatic rings. The summed E-state index contributed by atoms with van der Waals surface area (Å²) in [6, 6.07) is 0. The molecule has 0 radical (unpaired) electrons. The van der Waals surface area contributed by atoms with Crippen LogP contribution in [0, 0.1) is 0 Å². The minimum atomic E-state index is -1.64. The van der Waals surface area contributed by atoms with Crippen LogP contribution in [-0.2, 0) is 9.53 Å². The van der Waals surface area contributed by atoms with Gasteiger partial charge in [-0.25, -0.2) is 0 Å². The summed E-state index contributed by atoms with van der Waals surface area (Å²) in [7, 11) is 0. The molecular weight excluding hydrogens is 168 g/mol. The van der Waals surface area contributed by atoms with Crippen LogP contribution in [0.2, 0.25) is 0 Å². The summed E-state index contributed by atoms with van der Waals surface area (Å²) in [5.41, 5.74) is 0. The number of aldehydes is 1. The van der Waals surface area contributed by atoms with Gasteiger partial charge < -0.3 is 30.0 Å². The average Bonchev–Trinajstić information content (AvgIpc) is 2.08. The first-order valence-corrected chi connectivity index (χ1v) is 3.41. The summed E-state index contributed by atoms with van der Waals surface area (Å²) in [6.07, 6.45) is -7.33. The molecule has 1 fully saturated rings. The maximum absolute atomic E-state index is 10.2. The standard InChI is InChI=1S/C6H10O6/c7-1-2-3(8)4(9)5(10)6(11)12-2/h1-6,8-11H/t2-,3-,4+,5+,6-/m1/s1. The zero-order valence-corrected chi connectivity index (χ0v) is 6.07. The fraction of sp³-hybridized carbons (Fsp3) is 0.833. The fourth-order valence-electron chi connectivity index (χ4n) is 1.000. The van der Waals surface area contributed by atoms with E-state index in [-0.39, 0.29) is 6.29 Å². The van der Waals surface area contributed by atoms with E-state index >= 15 is 0 Å². The Bertz CT molecular complexity index is 171. The van der Waals surface area contributed by atoms with Crippen LogP contribution in [0.4, 0.5) is 0 Å². The molecule has 6 nitrogen and oxygen atoms in total. The molecule has 0 saturated carbocycles. The number of rotatable bonds is 1. The second-order valence-electron chi connectivity index (χ2n) is 2.60. The number of aliphatic hydroxyl groups is 4. The zero-order valence-electron chi connectivity index (χ0n) is 6.07. The second kappa shape index (κ2) is 3.46. The maximum Gasteiger partial charge on any atom is 0.184 e. The van der Waals surface area contributed by atoms with Crippen molar-refractivity contribution in [1.82, 2.24) is 0 Å². The normalized spacial score (nSPS) is 48.8. The molecule has 1 aliphatic heterocycles. The van der Waals surface area contributed by atoms with E-state index < -0.39 is 30.7 Å². The Labute approximate surface area is 68.0 Å². The van der Waals surface area contributed by atoms with Crippen molar-refractivity contribution in [2.75, 3.05) is 0 Å². The van der Waals surface area contributed by atoms with Gasteiger partial charge in [0.2, 0.25) is 0 Å². The van der Waals surface area contributed by atoms with E-state index in [9.17, 15) is 4.79 Å². The number of aliphatic hydroxyl groups excluding tert-OH is 4. The number of hydrogen-bond acceptors (Lipinski definition) is 6. The summed E-state index contributed by atoms with van der Waals surface area (Å²) >= 11 is 0. The predicted octanol–water partition coefficient (Wildman–Crippen LogP) is -3.01. The summed E-state index contributed by atoms with van der Waals surface area (Å²) in [6.45, 7) is 0. The topological polar surface area (TPSA) is 107 Å². The lowest BCUT2D eigenvalue weighted by Crippen LogP contribution is -2.57. The Kier molecular flexibility index (Phi) is 2.76. The molecule has 0 bridgehead atoms. The van der Waals surface area contributed by atoms with Gasteiger partial charge in [0.1, 0.15) is 24.4 Å². The molecule has 0 aliphatic carbocycles. The number of hydrogen-bond donors (Lipinski definition) is 4. The Hall–Kier alpha value is -0.530. The molecule has 0 spiro atoms. The van der Waals surface area contributed by atoms with Crippen LogP contribution in [0.5, 0.6) is 0 Å². The Balaban J connectivity index is 2.70. The van der Waals surface area contributed by atoms with Crippen LogP contribution in [-0.4, -0.2) is 57.4 Å². The first-order valence-electron chi connectivity index (χ1n) is 3.41. The van der Waals surface area contributed by atoms with Gasteiger partial charge in [-0.1, -0.05) is 0 Å². The molecule has 0 aromatic carbocycles. The molecule has 12 heavy (non-hydrogen) atoms. The van der Waals surface area contributed by atoms with Crippen LogP contribution in [0.1, 0.15) is 0 Å². The zero-order chi connectivity index (χ0) is 9.30. The van der Waals surface area contributed by atoms with Crippen LogP contribution in [0.15, 0.2) is 0 Å². The van der Waals surface area contributed by atoms with Gasteiger partial charge in [0.05, 0.1) is 0 Å². The molecule has 1 saturated heterocycles. The van der Waals surface area contributed by atoms with E-state index in [1.807, 2.05) is 0 Å². The molecule has 0 aromatic heterocycles. The Morgan fingerprint density at radius 3 is 2.08 bits per heavy atom. The Morgan fingerprint density at radius 1 is 1.00 bits per heavy atom. The molecule has 5 atom stereocenters. The minimum absolute atomic E-state index is 0.253. The highest BCUT2D eigenvalue weighted by Crippen LogP contribution is 2.18. The third-order valence-corrected chi connectivity index (χ3v) is 1.76. The number of carbonyl (C=O) groups is 1. The predicted molar refractivity (Wildman–Crippen MR) is 35.0 cm³/mol. The van der Waals surface area contributed by atoms with E-state index in [2.05, 4.69) is 4.74 Å². The van der Waals surface area contributed by atoms with Crippen molar-refractivity contribution < 1.29 is 30.0 Å². The van der Waals surface area contributed by atoms with Crippen molar-refractivity contribution in [2.24, 2.45) is 0 Å². The van der Waals surface area contributed by atoms with Crippen LogP contribution < -0.4 is 0 Å². The monoisotopic (exact) mass is 178 g/mol. The first-order chi connectivity index (χ1) is 5.57. The van der Waals surface area contributed by atoms with Crippen molar-refractivity contribution >= 4 is 6.29 Å². The van der Waals surface area contributed by atoms with Gasteiger partial charge in [-0.3, -0.25) is 0 Å². The van der Waals surface area contributed by atoms with Gasteiger partial charge in [-0.05, 0) is 0 Å². The van der Waals surface area contributed by atoms with Crippen LogP contribution in [0.25, 0.3) is 0 Å². The third kappa shape index (κ3) is 1.47. The molecule has 70 valence electrons. The highest BCUT2D eigenvalue weighted by Gasteiger charge is 2.42. The second-order valence-corrected chi connectivity index (χ2v) is 2.60. The summed E-state index contributed by atoms with van der Waals surface area (Å²) in [4.78, 5) is 10.2. The molecular formula is C6H10O6. The van der Waals surface area contributed by atoms with Crippen molar-refractivity contribution in [3.05, 3.63) is 0 Å². The van der Waals surface area contributed by atoms with Crippen molar-refractivity contribution in [3.63, 3.8) is 0 Å². The lowest BCUT2D eigenvalue weighted by atomic mass is 10.00. The van der Waals surface area contributed by atoms with Crippen molar-refractivity contribution in [3.8, 4) is 0 Å². The Morgan fingerprint density at radius 2 is 1.58 bits per heavy atom. The first kappa shape index (κ1) is 9.56. The molecule has 0 unspecified atom stereocenters. The molecule has 6 heteroatoms. The maximum atomic E-state index is 10.2. The SMILES string of the molecule is O=C[C@H]1O[C@@H](O)[C@@H](O)[C@@H](O)[C@@H]1O. The van der Waals surface area contributed by atoms with E-state index in [0.29, 0.717) is 0 Å². The molecule has 4 N–H and O–H groups in total. The van der Waals surface area contributed by atoms with Gasteiger partial charge in [-0.15, -0.1) is 0 Å². The number of ether oxygens (including phenoxy) is 1. The molecule has 1 rings (SSSR count). The molecule has 1 heterocycles. The quantitative estimate of drug-likeness (QED) is 0.318. The number of carbonyl (C=O) groups excluding carboxylic acids is 1. The van der Waals surface area contributed by atoms with Crippen molar-refractivity contribution in [1.29, 1.82) is 0 Å².